The Morgan fingerprint density at radius 2 is 2.15 bits per heavy atom. The van der Waals surface area contributed by atoms with Gasteiger partial charge in [0.2, 0.25) is 5.91 Å². The maximum Gasteiger partial charge on any atom is 0.253 e. The van der Waals surface area contributed by atoms with Crippen LogP contribution in [0.1, 0.15) is 23.2 Å². The number of hydrogen-bond acceptors (Lipinski definition) is 6. The van der Waals surface area contributed by atoms with Gasteiger partial charge in [0.25, 0.3) is 5.91 Å². The number of piperidine rings is 1. The molecule has 1 aliphatic rings. The summed E-state index contributed by atoms with van der Waals surface area (Å²) < 4.78 is 23.7. The molecule has 0 radical (unpaired) electrons. The van der Waals surface area contributed by atoms with Crippen LogP contribution in [0.2, 0.25) is 5.02 Å². The molecule has 0 spiro atoms. The average molecular weight is 428 g/mol. The molecule has 0 aliphatic carbocycles. The molecule has 1 atom stereocenters. The summed E-state index contributed by atoms with van der Waals surface area (Å²) in [7, 11) is -3.55. The lowest BCUT2D eigenvalue weighted by Crippen LogP contribution is -2.43. The average Bonchev–Trinajstić information content (AvgIpc) is 3.13. The number of aromatic nitrogens is 1. The van der Waals surface area contributed by atoms with Gasteiger partial charge in [-0.3, -0.25) is 9.59 Å². The molecule has 1 saturated heterocycles. The minimum atomic E-state index is -3.55. The number of anilines is 1. The van der Waals surface area contributed by atoms with Crippen LogP contribution in [0.15, 0.2) is 34.7 Å². The van der Waals surface area contributed by atoms with Gasteiger partial charge in [0.15, 0.2) is 15.0 Å². The van der Waals surface area contributed by atoms with Crippen molar-refractivity contribution in [1.29, 1.82) is 0 Å². The third-order valence-electron chi connectivity index (χ3n) is 4.32. The molecule has 2 aromatic rings. The molecule has 2 heterocycles. The number of rotatable bonds is 4. The first kappa shape index (κ1) is 19.8. The molecule has 1 aromatic heterocycles. The van der Waals surface area contributed by atoms with Crippen LogP contribution in [0.25, 0.3) is 0 Å². The highest BCUT2D eigenvalue weighted by atomic mass is 35.5. The Balaban J connectivity index is 1.74. The molecule has 0 bridgehead atoms. The first-order chi connectivity index (χ1) is 12.8. The van der Waals surface area contributed by atoms with Crippen LogP contribution in [0.3, 0.4) is 0 Å². The zero-order chi connectivity index (χ0) is 19.6. The number of nitrogens with one attached hydrogen (secondary N) is 1. The van der Waals surface area contributed by atoms with E-state index >= 15 is 0 Å². The summed E-state index contributed by atoms with van der Waals surface area (Å²) in [6, 6.07) is 4.19. The van der Waals surface area contributed by atoms with Crippen molar-refractivity contribution in [2.24, 2.45) is 5.92 Å². The third-order valence-corrected chi connectivity index (χ3v) is 6.59. The van der Waals surface area contributed by atoms with Crippen LogP contribution in [0.4, 0.5) is 5.13 Å². The molecular formula is C17H18ClN3O4S2. The second kappa shape index (κ2) is 7.95. The van der Waals surface area contributed by atoms with E-state index in [1.54, 1.807) is 16.5 Å². The van der Waals surface area contributed by atoms with E-state index in [2.05, 4.69) is 10.3 Å². The van der Waals surface area contributed by atoms with E-state index in [1.165, 1.54) is 29.5 Å². The van der Waals surface area contributed by atoms with Gasteiger partial charge in [-0.1, -0.05) is 11.6 Å². The molecule has 2 amide bonds. The minimum absolute atomic E-state index is 0.0772. The molecular weight excluding hydrogens is 410 g/mol. The Kier molecular flexibility index (Phi) is 5.83. The van der Waals surface area contributed by atoms with Crippen LogP contribution in [-0.2, 0) is 14.6 Å². The van der Waals surface area contributed by atoms with Crippen molar-refractivity contribution in [3.05, 3.63) is 40.4 Å². The van der Waals surface area contributed by atoms with Crippen LogP contribution in [0.5, 0.6) is 0 Å². The fraction of sp³-hybridized carbons (Fsp3) is 0.353. The van der Waals surface area contributed by atoms with Gasteiger partial charge in [-0.05, 0) is 31.0 Å². The lowest BCUT2D eigenvalue weighted by Gasteiger charge is -2.32. The quantitative estimate of drug-likeness (QED) is 0.809. The fourth-order valence-corrected chi connectivity index (χ4v) is 4.80. The van der Waals surface area contributed by atoms with E-state index in [9.17, 15) is 18.0 Å². The van der Waals surface area contributed by atoms with Crippen molar-refractivity contribution in [2.45, 2.75) is 17.7 Å². The molecule has 1 unspecified atom stereocenters. The van der Waals surface area contributed by atoms with Gasteiger partial charge in [-0.25, -0.2) is 13.4 Å². The van der Waals surface area contributed by atoms with Gasteiger partial charge in [-0.2, -0.15) is 0 Å². The smallest absolute Gasteiger partial charge is 0.253 e. The van der Waals surface area contributed by atoms with E-state index in [4.69, 9.17) is 11.6 Å². The molecule has 0 saturated carbocycles. The lowest BCUT2D eigenvalue weighted by molar-refractivity contribution is -0.121. The Labute approximate surface area is 166 Å². The molecule has 1 aromatic carbocycles. The standard InChI is InChI=1S/C17H18ClN3O4S2/c1-27(24,25)14-9-11(4-5-13(14)18)16(23)21-7-2-3-12(10-21)15(22)20-17-19-6-8-26-17/h4-6,8-9,12H,2-3,7,10H2,1H3,(H,19,20,22). The van der Waals surface area contributed by atoms with Crippen molar-refractivity contribution in [3.63, 3.8) is 0 Å². The fourth-order valence-electron chi connectivity index (χ4n) is 2.97. The Bertz CT molecular complexity index is 961. The largest absolute Gasteiger partial charge is 0.338 e. The van der Waals surface area contributed by atoms with Gasteiger partial charge >= 0.3 is 0 Å². The van der Waals surface area contributed by atoms with E-state index in [-0.39, 0.29) is 39.8 Å². The molecule has 1 fully saturated rings. The SMILES string of the molecule is CS(=O)(=O)c1cc(C(=O)N2CCCC(C(=O)Nc3nccs3)C2)ccc1Cl. The van der Waals surface area contributed by atoms with E-state index in [1.807, 2.05) is 0 Å². The zero-order valence-electron chi connectivity index (χ0n) is 14.5. The molecule has 27 heavy (non-hydrogen) atoms. The van der Waals surface area contributed by atoms with Crippen molar-refractivity contribution in [1.82, 2.24) is 9.88 Å². The van der Waals surface area contributed by atoms with Crippen molar-refractivity contribution < 1.29 is 18.0 Å². The van der Waals surface area contributed by atoms with Crippen LogP contribution in [-0.4, -0.2) is 49.5 Å². The Morgan fingerprint density at radius 3 is 2.81 bits per heavy atom. The number of benzene rings is 1. The van der Waals surface area contributed by atoms with E-state index in [0.29, 0.717) is 24.5 Å². The summed E-state index contributed by atoms with van der Waals surface area (Å²) in [5, 5.41) is 5.14. The lowest BCUT2D eigenvalue weighted by atomic mass is 9.96. The topological polar surface area (TPSA) is 96.4 Å². The minimum Gasteiger partial charge on any atom is -0.338 e. The number of sulfone groups is 1. The molecule has 3 rings (SSSR count). The van der Waals surface area contributed by atoms with Crippen LogP contribution < -0.4 is 5.32 Å². The van der Waals surface area contributed by atoms with Crippen molar-refractivity contribution in [2.75, 3.05) is 24.7 Å². The highest BCUT2D eigenvalue weighted by Crippen LogP contribution is 2.25. The molecule has 144 valence electrons. The predicted molar refractivity (Wildman–Crippen MR) is 104 cm³/mol. The number of carbonyl (C=O) groups is 2. The number of halogens is 1. The molecule has 1 N–H and O–H groups in total. The molecule has 1 aliphatic heterocycles. The van der Waals surface area contributed by atoms with Crippen molar-refractivity contribution >= 4 is 49.7 Å². The number of likely N-dealkylation sites (tertiary alicyclic amines) is 1. The summed E-state index contributed by atoms with van der Waals surface area (Å²) in [4.78, 5) is 30.8. The normalized spacial score (nSPS) is 17.6. The number of carbonyl (C=O) groups excluding carboxylic acids is 2. The van der Waals surface area contributed by atoms with Gasteiger partial charge in [0.1, 0.15) is 0 Å². The van der Waals surface area contributed by atoms with Gasteiger partial charge in [0.05, 0.1) is 15.8 Å². The van der Waals surface area contributed by atoms with Gasteiger partial charge in [0, 0.05) is 36.5 Å². The first-order valence-electron chi connectivity index (χ1n) is 8.25. The monoisotopic (exact) mass is 427 g/mol. The third kappa shape index (κ3) is 4.66. The van der Waals surface area contributed by atoms with Gasteiger partial charge in [-0.15, -0.1) is 11.3 Å². The van der Waals surface area contributed by atoms with Gasteiger partial charge < -0.3 is 10.2 Å². The number of nitrogens with zero attached hydrogens (tertiary/aromatic N) is 2. The summed E-state index contributed by atoms with van der Waals surface area (Å²) in [6.07, 6.45) is 4.02. The maximum absolute atomic E-state index is 12.8. The predicted octanol–water partition coefficient (Wildman–Crippen LogP) is 2.69. The second-order valence-corrected chi connectivity index (χ2v) is 9.62. The molecule has 7 nitrogen and oxygen atoms in total. The Hall–Kier alpha value is -1.97. The van der Waals surface area contributed by atoms with Crippen LogP contribution >= 0.6 is 22.9 Å². The van der Waals surface area contributed by atoms with E-state index < -0.39 is 9.84 Å². The Morgan fingerprint density at radius 1 is 1.37 bits per heavy atom. The zero-order valence-corrected chi connectivity index (χ0v) is 16.9. The van der Waals surface area contributed by atoms with Crippen molar-refractivity contribution in [3.8, 4) is 0 Å². The summed E-state index contributed by atoms with van der Waals surface area (Å²) in [5.41, 5.74) is 0.237. The number of amides is 2. The van der Waals surface area contributed by atoms with E-state index in [0.717, 1.165) is 6.26 Å². The summed E-state index contributed by atoms with van der Waals surface area (Å²) in [6.45, 7) is 0.781. The summed E-state index contributed by atoms with van der Waals surface area (Å²) in [5.74, 6) is -0.827. The number of thiazole rings is 1. The number of hydrogen-bond donors (Lipinski definition) is 1. The highest BCUT2D eigenvalue weighted by molar-refractivity contribution is 7.90. The highest BCUT2D eigenvalue weighted by Gasteiger charge is 2.30. The van der Waals surface area contributed by atoms with Crippen LogP contribution in [0, 0.1) is 5.92 Å². The molecule has 10 heteroatoms. The second-order valence-electron chi connectivity index (χ2n) is 6.33. The summed E-state index contributed by atoms with van der Waals surface area (Å²) >= 11 is 7.27. The maximum atomic E-state index is 12.8. The first-order valence-corrected chi connectivity index (χ1v) is 11.4.